The van der Waals surface area contributed by atoms with Gasteiger partial charge in [-0.3, -0.25) is 9.59 Å². The summed E-state index contributed by atoms with van der Waals surface area (Å²) in [6.45, 7) is -0.125. The van der Waals surface area contributed by atoms with Crippen LogP contribution in [0.3, 0.4) is 0 Å². The van der Waals surface area contributed by atoms with Crippen LogP contribution >= 0.6 is 23.4 Å². The summed E-state index contributed by atoms with van der Waals surface area (Å²) in [5.41, 5.74) is 0.513. The third-order valence-electron chi connectivity index (χ3n) is 2.75. The van der Waals surface area contributed by atoms with E-state index in [1.807, 2.05) is 6.07 Å². The van der Waals surface area contributed by atoms with Gasteiger partial charge in [-0.2, -0.15) is 10.4 Å². The van der Waals surface area contributed by atoms with Crippen LogP contribution in [0, 0.1) is 11.3 Å². The third-order valence-corrected chi connectivity index (χ3v) is 4.05. The number of nitriles is 1. The molecule has 1 atom stereocenters. The molecule has 24 heavy (non-hydrogen) atoms. The summed E-state index contributed by atoms with van der Waals surface area (Å²) in [6, 6.07) is 6.66. The second-order valence-electron chi connectivity index (χ2n) is 4.47. The lowest BCUT2D eigenvalue weighted by Gasteiger charge is -2.05. The summed E-state index contributed by atoms with van der Waals surface area (Å²) in [6.07, 6.45) is 1.07. The molecule has 1 heterocycles. The molecule has 2 N–H and O–H groups in total. The van der Waals surface area contributed by atoms with Gasteiger partial charge < -0.3 is 15.2 Å². The number of nitrogens with one attached hydrogen (secondary N) is 1. The average Bonchev–Trinajstić information content (AvgIpc) is 2.86. The molecule has 0 radical (unpaired) electrons. The highest BCUT2D eigenvalue weighted by molar-refractivity contribution is 8.15. The van der Waals surface area contributed by atoms with Gasteiger partial charge in [-0.15, -0.1) is 5.10 Å². The zero-order chi connectivity index (χ0) is 17.5. The number of thioether (sulfide) groups is 1. The molecular weight excluding hydrogens is 356 g/mol. The quantitative estimate of drug-likeness (QED) is 0.582. The van der Waals surface area contributed by atoms with E-state index in [2.05, 4.69) is 15.5 Å². The lowest BCUT2D eigenvalue weighted by atomic mass is 10.2. The molecule has 1 aliphatic rings. The summed E-state index contributed by atoms with van der Waals surface area (Å²) in [5.74, 6) is -1.07. The van der Waals surface area contributed by atoms with Crippen molar-refractivity contribution in [2.45, 2.75) is 11.7 Å². The van der Waals surface area contributed by atoms with Crippen molar-refractivity contribution in [1.82, 2.24) is 5.32 Å². The van der Waals surface area contributed by atoms with Crippen LogP contribution in [0.2, 0.25) is 5.02 Å². The van der Waals surface area contributed by atoms with E-state index in [1.54, 1.807) is 18.2 Å². The van der Waals surface area contributed by atoms with Crippen molar-refractivity contribution in [3.05, 3.63) is 28.8 Å². The van der Waals surface area contributed by atoms with Crippen LogP contribution in [0.15, 0.2) is 28.4 Å². The Morgan fingerprint density at radius 2 is 2.38 bits per heavy atom. The van der Waals surface area contributed by atoms with Crippen LogP contribution in [-0.4, -0.2) is 40.2 Å². The molecule has 0 aromatic heterocycles. The van der Waals surface area contributed by atoms with Crippen molar-refractivity contribution < 1.29 is 19.4 Å². The maximum absolute atomic E-state index is 11.6. The highest BCUT2D eigenvalue weighted by Gasteiger charge is 2.32. The van der Waals surface area contributed by atoms with Crippen molar-refractivity contribution in [2.75, 3.05) is 6.61 Å². The van der Waals surface area contributed by atoms with Gasteiger partial charge in [0.15, 0.2) is 11.8 Å². The first-order chi connectivity index (χ1) is 11.5. The van der Waals surface area contributed by atoms with Gasteiger partial charge in [0.1, 0.15) is 17.1 Å². The van der Waals surface area contributed by atoms with Crippen LogP contribution in [-0.2, 0) is 9.59 Å². The van der Waals surface area contributed by atoms with Crippen LogP contribution in [0.1, 0.15) is 12.0 Å². The Morgan fingerprint density at radius 1 is 1.58 bits per heavy atom. The Hall–Kier alpha value is -2.57. The first-order valence-corrected chi connectivity index (χ1v) is 7.85. The Bertz CT molecular complexity index is 760. The van der Waals surface area contributed by atoms with Crippen molar-refractivity contribution in [1.29, 1.82) is 5.26 Å². The Labute approximate surface area is 146 Å². The molecular formula is C14H11ClN4O4S. The zero-order valence-electron chi connectivity index (χ0n) is 12.1. The number of amidine groups is 1. The second-order valence-corrected chi connectivity index (χ2v) is 6.10. The number of carbonyl (C=O) groups is 2. The summed E-state index contributed by atoms with van der Waals surface area (Å²) in [5, 5.41) is 27.4. The topological polar surface area (TPSA) is 124 Å². The number of halogens is 1. The molecule has 1 amide bonds. The predicted octanol–water partition coefficient (Wildman–Crippen LogP) is 1.64. The fourth-order valence-corrected chi connectivity index (χ4v) is 2.85. The number of nitrogens with zero attached hydrogens (tertiary/aromatic N) is 3. The first kappa shape index (κ1) is 17.8. The van der Waals surface area contributed by atoms with Gasteiger partial charge in [0.05, 0.1) is 12.6 Å². The van der Waals surface area contributed by atoms with Crippen molar-refractivity contribution >= 4 is 46.6 Å². The standard InChI is InChI=1S/C14H11ClN4O4S/c15-9-1-2-10(23-4-3-16)8(5-9)7-17-19-14-18-13(22)11(24-14)6-12(20)21/h1-2,5,7,11H,4,6H2,(H,20,21)(H,18,19,22). The predicted molar refractivity (Wildman–Crippen MR) is 89.4 cm³/mol. The first-order valence-electron chi connectivity index (χ1n) is 6.59. The normalized spacial score (nSPS) is 18.6. The summed E-state index contributed by atoms with van der Waals surface area (Å²) < 4.78 is 5.24. The Kier molecular flexibility index (Phi) is 6.17. The molecule has 1 aromatic carbocycles. The maximum Gasteiger partial charge on any atom is 0.305 e. The number of hydrogen-bond acceptors (Lipinski definition) is 7. The number of carboxylic acid groups (broad SMARTS) is 1. The van der Waals surface area contributed by atoms with Gasteiger partial charge in [-0.05, 0) is 18.2 Å². The van der Waals surface area contributed by atoms with Gasteiger partial charge in [0, 0.05) is 10.6 Å². The minimum absolute atomic E-state index is 0.125. The molecule has 0 bridgehead atoms. The fraction of sp³-hybridized carbons (Fsp3) is 0.214. The number of aliphatic carboxylic acids is 1. The number of carbonyl (C=O) groups excluding carboxylic acids is 1. The molecule has 10 heteroatoms. The van der Waals surface area contributed by atoms with Gasteiger partial charge >= 0.3 is 5.97 Å². The second kappa shape index (κ2) is 8.33. The molecule has 1 aliphatic heterocycles. The van der Waals surface area contributed by atoms with Gasteiger partial charge in [0.2, 0.25) is 5.91 Å². The van der Waals surface area contributed by atoms with Crippen LogP contribution in [0.5, 0.6) is 5.75 Å². The molecule has 0 spiro atoms. The van der Waals surface area contributed by atoms with E-state index < -0.39 is 17.1 Å². The maximum atomic E-state index is 11.6. The molecule has 1 fully saturated rings. The van der Waals surface area contributed by atoms with E-state index in [-0.39, 0.29) is 18.2 Å². The van der Waals surface area contributed by atoms with E-state index in [0.717, 1.165) is 11.8 Å². The molecule has 1 unspecified atom stereocenters. The average molecular weight is 367 g/mol. The number of amides is 1. The van der Waals surface area contributed by atoms with Crippen LogP contribution in [0.4, 0.5) is 0 Å². The van der Waals surface area contributed by atoms with E-state index in [0.29, 0.717) is 16.3 Å². The minimum Gasteiger partial charge on any atom is -0.481 e. The van der Waals surface area contributed by atoms with Crippen molar-refractivity contribution in [2.24, 2.45) is 10.2 Å². The molecule has 0 saturated carbocycles. The summed E-state index contributed by atoms with van der Waals surface area (Å²) >= 11 is 6.91. The lowest BCUT2D eigenvalue weighted by molar-refractivity contribution is -0.138. The minimum atomic E-state index is -1.06. The van der Waals surface area contributed by atoms with E-state index in [9.17, 15) is 9.59 Å². The van der Waals surface area contributed by atoms with Gasteiger partial charge in [-0.1, -0.05) is 23.4 Å². The van der Waals surface area contributed by atoms with Crippen molar-refractivity contribution in [3.8, 4) is 11.8 Å². The van der Waals surface area contributed by atoms with Crippen molar-refractivity contribution in [3.63, 3.8) is 0 Å². The molecule has 0 aliphatic carbocycles. The van der Waals surface area contributed by atoms with Crippen LogP contribution < -0.4 is 10.1 Å². The van der Waals surface area contributed by atoms with Gasteiger partial charge in [0.25, 0.3) is 0 Å². The van der Waals surface area contributed by atoms with E-state index in [4.69, 9.17) is 26.7 Å². The number of hydrogen-bond donors (Lipinski definition) is 2. The zero-order valence-corrected chi connectivity index (χ0v) is 13.7. The van der Waals surface area contributed by atoms with Crippen LogP contribution in [0.25, 0.3) is 0 Å². The van der Waals surface area contributed by atoms with Gasteiger partial charge in [-0.25, -0.2) is 0 Å². The monoisotopic (exact) mass is 366 g/mol. The smallest absolute Gasteiger partial charge is 0.305 e. The number of carboxylic acids is 1. The largest absolute Gasteiger partial charge is 0.481 e. The highest BCUT2D eigenvalue weighted by Crippen LogP contribution is 2.23. The fourth-order valence-electron chi connectivity index (χ4n) is 1.75. The summed E-state index contributed by atoms with van der Waals surface area (Å²) in [7, 11) is 0. The Morgan fingerprint density at radius 3 is 3.08 bits per heavy atom. The highest BCUT2D eigenvalue weighted by atomic mass is 35.5. The molecule has 2 rings (SSSR count). The molecule has 124 valence electrons. The Balaban J connectivity index is 2.09. The number of rotatable bonds is 6. The SMILES string of the molecule is N#CCOc1ccc(Cl)cc1C=NN=C1NC(=O)C(CC(=O)O)S1. The number of benzene rings is 1. The molecule has 8 nitrogen and oxygen atoms in total. The third kappa shape index (κ3) is 4.97. The summed E-state index contributed by atoms with van der Waals surface area (Å²) in [4.78, 5) is 22.2. The molecule has 1 saturated heterocycles. The van der Waals surface area contributed by atoms with E-state index >= 15 is 0 Å². The molecule has 1 aromatic rings. The van der Waals surface area contributed by atoms with E-state index in [1.165, 1.54) is 6.21 Å². The lowest BCUT2D eigenvalue weighted by Crippen LogP contribution is -2.26. The number of ether oxygens (including phenoxy) is 1.